The van der Waals surface area contributed by atoms with Gasteiger partial charge in [0.25, 0.3) is 0 Å². The number of benzene rings is 1. The molecule has 1 atom stereocenters. The van der Waals surface area contributed by atoms with Gasteiger partial charge in [-0.3, -0.25) is 0 Å². The minimum absolute atomic E-state index is 0.0444. The van der Waals surface area contributed by atoms with Gasteiger partial charge in [0.1, 0.15) is 11.4 Å². The van der Waals surface area contributed by atoms with Crippen LogP contribution < -0.4 is 0 Å². The van der Waals surface area contributed by atoms with Gasteiger partial charge in [-0.2, -0.15) is 0 Å². The molecule has 0 radical (unpaired) electrons. The largest absolute Gasteiger partial charge is 0.384 e. The highest BCUT2D eigenvalue weighted by Gasteiger charge is 2.43. The Morgan fingerprint density at radius 1 is 1.44 bits per heavy atom. The van der Waals surface area contributed by atoms with Crippen molar-refractivity contribution in [2.75, 3.05) is 11.5 Å². The molecule has 0 aliphatic carbocycles. The van der Waals surface area contributed by atoms with Crippen molar-refractivity contribution in [1.82, 2.24) is 0 Å². The molecular formula is C10H10BrFO3S. The average molecular weight is 309 g/mol. The van der Waals surface area contributed by atoms with Gasteiger partial charge < -0.3 is 5.11 Å². The van der Waals surface area contributed by atoms with Gasteiger partial charge in [0.05, 0.1) is 11.5 Å². The number of hydrogen-bond donors (Lipinski definition) is 1. The summed E-state index contributed by atoms with van der Waals surface area (Å²) >= 11 is 3.17. The second kappa shape index (κ2) is 3.78. The molecule has 1 heterocycles. The van der Waals surface area contributed by atoms with Crippen molar-refractivity contribution >= 4 is 25.8 Å². The van der Waals surface area contributed by atoms with Crippen LogP contribution in [-0.4, -0.2) is 25.0 Å². The standard InChI is InChI=1S/C10H10BrFO3S/c11-7-1-2-9(12)8(5-7)10(13)3-4-16(14,15)6-10/h1-2,5,13H,3-4,6H2. The van der Waals surface area contributed by atoms with Crippen molar-refractivity contribution in [1.29, 1.82) is 0 Å². The molecule has 2 rings (SSSR count). The molecule has 1 aromatic carbocycles. The van der Waals surface area contributed by atoms with Crippen LogP contribution in [0.1, 0.15) is 12.0 Å². The lowest BCUT2D eigenvalue weighted by molar-refractivity contribution is 0.0613. The van der Waals surface area contributed by atoms with E-state index in [0.29, 0.717) is 4.47 Å². The van der Waals surface area contributed by atoms with Crippen LogP contribution in [0.2, 0.25) is 0 Å². The predicted octanol–water partition coefficient (Wildman–Crippen LogP) is 1.59. The van der Waals surface area contributed by atoms with Crippen LogP contribution >= 0.6 is 15.9 Å². The highest BCUT2D eigenvalue weighted by molar-refractivity contribution is 9.10. The summed E-state index contributed by atoms with van der Waals surface area (Å²) < 4.78 is 36.8. The fourth-order valence-electron chi connectivity index (χ4n) is 1.90. The zero-order valence-electron chi connectivity index (χ0n) is 8.28. The molecule has 1 N–H and O–H groups in total. The molecule has 0 spiro atoms. The Kier molecular flexibility index (Phi) is 2.84. The van der Waals surface area contributed by atoms with E-state index in [9.17, 15) is 17.9 Å². The van der Waals surface area contributed by atoms with E-state index >= 15 is 0 Å². The number of hydrogen-bond acceptors (Lipinski definition) is 3. The molecule has 1 unspecified atom stereocenters. The van der Waals surface area contributed by atoms with Crippen LogP contribution in [-0.2, 0) is 15.4 Å². The van der Waals surface area contributed by atoms with Crippen LogP contribution in [0.5, 0.6) is 0 Å². The predicted molar refractivity (Wildman–Crippen MR) is 61.3 cm³/mol. The molecule has 1 aliphatic heterocycles. The zero-order valence-corrected chi connectivity index (χ0v) is 10.7. The first kappa shape index (κ1) is 12.0. The Labute approximate surface area is 101 Å². The van der Waals surface area contributed by atoms with Crippen molar-refractivity contribution in [3.05, 3.63) is 34.1 Å². The monoisotopic (exact) mass is 308 g/mol. The maximum Gasteiger partial charge on any atom is 0.153 e. The minimum atomic E-state index is -3.26. The van der Waals surface area contributed by atoms with E-state index in [0.717, 1.165) is 0 Å². The lowest BCUT2D eigenvalue weighted by atomic mass is 9.93. The van der Waals surface area contributed by atoms with Crippen LogP contribution in [0.3, 0.4) is 0 Å². The van der Waals surface area contributed by atoms with Gasteiger partial charge in [0, 0.05) is 10.0 Å². The molecule has 0 amide bonds. The number of halogens is 2. The van der Waals surface area contributed by atoms with Gasteiger partial charge in [-0.15, -0.1) is 0 Å². The molecule has 0 saturated carbocycles. The van der Waals surface area contributed by atoms with Crippen molar-refractivity contribution in [3.63, 3.8) is 0 Å². The lowest BCUT2D eigenvalue weighted by Crippen LogP contribution is -2.28. The van der Waals surface area contributed by atoms with Crippen LogP contribution in [0.25, 0.3) is 0 Å². The molecule has 0 aromatic heterocycles. The van der Waals surface area contributed by atoms with Crippen molar-refractivity contribution in [2.24, 2.45) is 0 Å². The Morgan fingerprint density at radius 3 is 2.69 bits per heavy atom. The van der Waals surface area contributed by atoms with Crippen LogP contribution in [0.15, 0.2) is 22.7 Å². The Morgan fingerprint density at radius 2 is 2.12 bits per heavy atom. The first-order valence-corrected chi connectivity index (χ1v) is 7.32. The number of aliphatic hydroxyl groups is 1. The van der Waals surface area contributed by atoms with Crippen LogP contribution in [0.4, 0.5) is 4.39 Å². The summed E-state index contributed by atoms with van der Waals surface area (Å²) in [5.41, 5.74) is -1.55. The van der Waals surface area contributed by atoms with Gasteiger partial charge in [-0.05, 0) is 24.6 Å². The molecular weight excluding hydrogens is 299 g/mol. The van der Waals surface area contributed by atoms with Crippen molar-refractivity contribution < 1.29 is 17.9 Å². The summed E-state index contributed by atoms with van der Waals surface area (Å²) in [6.45, 7) is 0. The minimum Gasteiger partial charge on any atom is -0.384 e. The molecule has 6 heteroatoms. The van der Waals surface area contributed by atoms with Gasteiger partial charge >= 0.3 is 0 Å². The van der Waals surface area contributed by atoms with Crippen molar-refractivity contribution in [2.45, 2.75) is 12.0 Å². The Bertz CT molecular complexity index is 529. The summed E-state index contributed by atoms with van der Waals surface area (Å²) in [5.74, 6) is -1.09. The molecule has 3 nitrogen and oxygen atoms in total. The summed E-state index contributed by atoms with van der Waals surface area (Å²) in [7, 11) is -3.26. The quantitative estimate of drug-likeness (QED) is 0.857. The fourth-order valence-corrected chi connectivity index (χ4v) is 4.08. The van der Waals surface area contributed by atoms with E-state index in [-0.39, 0.29) is 17.7 Å². The third kappa shape index (κ3) is 2.14. The second-order valence-corrected chi connectivity index (χ2v) is 7.10. The van der Waals surface area contributed by atoms with Crippen LogP contribution in [0, 0.1) is 5.82 Å². The van der Waals surface area contributed by atoms with E-state index < -0.39 is 27.0 Å². The molecule has 1 aliphatic rings. The fraction of sp³-hybridized carbons (Fsp3) is 0.400. The maximum absolute atomic E-state index is 13.5. The zero-order chi connectivity index (χ0) is 12.0. The molecule has 1 aromatic rings. The molecule has 1 saturated heterocycles. The maximum atomic E-state index is 13.5. The normalized spacial score (nSPS) is 28.2. The highest BCUT2D eigenvalue weighted by Crippen LogP contribution is 2.36. The Balaban J connectivity index is 2.49. The summed E-state index contributed by atoms with van der Waals surface area (Å²) in [5, 5.41) is 10.2. The summed E-state index contributed by atoms with van der Waals surface area (Å²) in [6, 6.07) is 4.14. The second-order valence-electron chi connectivity index (χ2n) is 4.00. The third-order valence-corrected chi connectivity index (χ3v) is 4.95. The smallest absolute Gasteiger partial charge is 0.153 e. The van der Waals surface area contributed by atoms with E-state index in [1.807, 2.05) is 0 Å². The van der Waals surface area contributed by atoms with Gasteiger partial charge in [-0.1, -0.05) is 15.9 Å². The SMILES string of the molecule is O=S1(=O)CCC(O)(c2cc(Br)ccc2F)C1. The first-order valence-electron chi connectivity index (χ1n) is 4.71. The van der Waals surface area contributed by atoms with E-state index in [4.69, 9.17) is 0 Å². The molecule has 0 bridgehead atoms. The van der Waals surface area contributed by atoms with E-state index in [1.54, 1.807) is 0 Å². The van der Waals surface area contributed by atoms with E-state index in [2.05, 4.69) is 15.9 Å². The topological polar surface area (TPSA) is 54.4 Å². The third-order valence-electron chi connectivity index (χ3n) is 2.72. The summed E-state index contributed by atoms with van der Waals surface area (Å²) in [6.07, 6.45) is 0.0444. The van der Waals surface area contributed by atoms with Gasteiger partial charge in [0.15, 0.2) is 9.84 Å². The molecule has 88 valence electrons. The average Bonchev–Trinajstić information content (AvgIpc) is 2.46. The summed E-state index contributed by atoms with van der Waals surface area (Å²) in [4.78, 5) is 0. The van der Waals surface area contributed by atoms with Crippen molar-refractivity contribution in [3.8, 4) is 0 Å². The van der Waals surface area contributed by atoms with E-state index in [1.165, 1.54) is 18.2 Å². The van der Waals surface area contributed by atoms with Gasteiger partial charge in [0.2, 0.25) is 0 Å². The lowest BCUT2D eigenvalue weighted by Gasteiger charge is -2.21. The Hall–Kier alpha value is -0.460. The first-order chi connectivity index (χ1) is 7.32. The molecule has 16 heavy (non-hydrogen) atoms. The molecule has 1 fully saturated rings. The number of rotatable bonds is 1. The highest BCUT2D eigenvalue weighted by atomic mass is 79.9. The van der Waals surface area contributed by atoms with Gasteiger partial charge in [-0.25, -0.2) is 12.8 Å². The number of sulfone groups is 1.